The highest BCUT2D eigenvalue weighted by atomic mass is 32.2. The minimum Gasteiger partial charge on any atom is -0.341 e. The molecule has 5 nitrogen and oxygen atoms in total. The van der Waals surface area contributed by atoms with Crippen molar-refractivity contribution >= 4 is 17.7 Å². The molecule has 6 heteroatoms. The van der Waals surface area contributed by atoms with E-state index in [1.54, 1.807) is 0 Å². The fraction of sp³-hybridized carbons (Fsp3) is 0.588. The van der Waals surface area contributed by atoms with Crippen LogP contribution in [-0.4, -0.2) is 38.6 Å². The van der Waals surface area contributed by atoms with Crippen LogP contribution in [0.1, 0.15) is 43.7 Å². The van der Waals surface area contributed by atoms with Gasteiger partial charge in [0.2, 0.25) is 5.95 Å². The topological polar surface area (TPSA) is 46.8 Å². The summed E-state index contributed by atoms with van der Waals surface area (Å²) in [5.41, 5.74) is 1.33. The lowest BCUT2D eigenvalue weighted by Crippen LogP contribution is -2.31. The number of pyridine rings is 1. The lowest BCUT2D eigenvalue weighted by Gasteiger charge is -2.27. The number of piperidine rings is 1. The molecule has 0 bridgehead atoms. The van der Waals surface area contributed by atoms with Crippen LogP contribution in [0.2, 0.25) is 0 Å². The van der Waals surface area contributed by atoms with Gasteiger partial charge in [-0.15, -0.1) is 10.2 Å². The number of anilines is 1. The number of aryl methyl sites for hydroxylation is 1. The minimum atomic E-state index is 0.630. The van der Waals surface area contributed by atoms with E-state index in [2.05, 4.69) is 36.8 Å². The van der Waals surface area contributed by atoms with Gasteiger partial charge in [-0.3, -0.25) is 9.55 Å². The molecule has 1 saturated heterocycles. The van der Waals surface area contributed by atoms with Gasteiger partial charge in [0.25, 0.3) is 0 Å². The summed E-state index contributed by atoms with van der Waals surface area (Å²) in [5, 5.41) is 10.1. The lowest BCUT2D eigenvalue weighted by atomic mass is 10.1. The van der Waals surface area contributed by atoms with Gasteiger partial charge < -0.3 is 4.90 Å². The Labute approximate surface area is 141 Å². The van der Waals surface area contributed by atoms with Gasteiger partial charge in [-0.25, -0.2) is 0 Å². The van der Waals surface area contributed by atoms with Crippen molar-refractivity contribution in [1.29, 1.82) is 0 Å². The zero-order valence-electron chi connectivity index (χ0n) is 13.4. The molecule has 0 radical (unpaired) electrons. The first-order valence-electron chi connectivity index (χ1n) is 8.63. The Kier molecular flexibility index (Phi) is 4.50. The standard InChI is InChI=1S/C17H23N5S/c1-2-11-21(12-3-1)16-19-20-17(22(16)15-4-5-15)23-13-8-14-6-9-18-10-7-14/h6-7,9-10,15H,1-5,8,11-13H2. The zero-order chi connectivity index (χ0) is 15.5. The third-order valence-electron chi connectivity index (χ3n) is 4.57. The molecule has 4 rings (SSSR count). The Bertz CT molecular complexity index is 632. The number of thioether (sulfide) groups is 1. The highest BCUT2D eigenvalue weighted by Crippen LogP contribution is 2.41. The maximum atomic E-state index is 4.53. The van der Waals surface area contributed by atoms with E-state index < -0.39 is 0 Å². The number of hydrogen-bond donors (Lipinski definition) is 0. The number of nitrogens with zero attached hydrogens (tertiary/aromatic N) is 5. The summed E-state index contributed by atoms with van der Waals surface area (Å²) >= 11 is 1.84. The van der Waals surface area contributed by atoms with Crippen LogP contribution in [0.3, 0.4) is 0 Å². The van der Waals surface area contributed by atoms with E-state index in [4.69, 9.17) is 0 Å². The van der Waals surface area contributed by atoms with E-state index >= 15 is 0 Å². The molecule has 2 aliphatic rings. The summed E-state index contributed by atoms with van der Waals surface area (Å²) < 4.78 is 2.41. The lowest BCUT2D eigenvalue weighted by molar-refractivity contribution is 0.548. The van der Waals surface area contributed by atoms with Crippen molar-refractivity contribution in [3.05, 3.63) is 30.1 Å². The van der Waals surface area contributed by atoms with Crippen LogP contribution in [-0.2, 0) is 6.42 Å². The van der Waals surface area contributed by atoms with Gasteiger partial charge in [-0.1, -0.05) is 11.8 Å². The highest BCUT2D eigenvalue weighted by molar-refractivity contribution is 7.99. The average Bonchev–Trinajstić information content (AvgIpc) is 3.37. The molecule has 122 valence electrons. The van der Waals surface area contributed by atoms with Crippen molar-refractivity contribution in [1.82, 2.24) is 19.7 Å². The molecular weight excluding hydrogens is 306 g/mol. The van der Waals surface area contributed by atoms with Crippen LogP contribution >= 0.6 is 11.8 Å². The monoisotopic (exact) mass is 329 g/mol. The predicted octanol–water partition coefficient (Wildman–Crippen LogP) is 3.33. The second kappa shape index (κ2) is 6.91. The Hall–Kier alpha value is -1.56. The van der Waals surface area contributed by atoms with Crippen molar-refractivity contribution in [3.63, 3.8) is 0 Å². The van der Waals surface area contributed by atoms with E-state index in [0.717, 1.165) is 36.4 Å². The van der Waals surface area contributed by atoms with Crippen LogP contribution in [0.4, 0.5) is 5.95 Å². The van der Waals surface area contributed by atoms with E-state index in [0.29, 0.717) is 6.04 Å². The molecular formula is C17H23N5S. The van der Waals surface area contributed by atoms with Gasteiger partial charge in [0.05, 0.1) is 0 Å². The van der Waals surface area contributed by atoms with E-state index in [-0.39, 0.29) is 0 Å². The summed E-state index contributed by atoms with van der Waals surface area (Å²) in [5.74, 6) is 2.15. The fourth-order valence-electron chi connectivity index (χ4n) is 3.14. The summed E-state index contributed by atoms with van der Waals surface area (Å²) in [6.07, 6.45) is 11.2. The minimum absolute atomic E-state index is 0.630. The molecule has 0 amide bonds. The number of rotatable bonds is 6. The molecule has 2 aromatic rings. The van der Waals surface area contributed by atoms with Crippen LogP contribution < -0.4 is 4.90 Å². The fourth-order valence-corrected chi connectivity index (χ4v) is 4.13. The normalized spacial score (nSPS) is 18.3. The van der Waals surface area contributed by atoms with Crippen LogP contribution in [0, 0.1) is 0 Å². The Morgan fingerprint density at radius 3 is 2.57 bits per heavy atom. The molecule has 23 heavy (non-hydrogen) atoms. The summed E-state index contributed by atoms with van der Waals surface area (Å²) in [6.45, 7) is 2.26. The van der Waals surface area contributed by atoms with Crippen molar-refractivity contribution in [2.24, 2.45) is 0 Å². The molecule has 1 aliphatic carbocycles. The predicted molar refractivity (Wildman–Crippen MR) is 93.0 cm³/mol. The van der Waals surface area contributed by atoms with Gasteiger partial charge in [-0.05, 0) is 56.2 Å². The second-order valence-corrected chi connectivity index (χ2v) is 7.45. The molecule has 0 unspecified atom stereocenters. The molecule has 2 fully saturated rings. The molecule has 1 saturated carbocycles. The van der Waals surface area contributed by atoms with Gasteiger partial charge in [0, 0.05) is 37.3 Å². The van der Waals surface area contributed by atoms with E-state index in [1.807, 2.05) is 24.2 Å². The summed E-state index contributed by atoms with van der Waals surface area (Å²) in [7, 11) is 0. The van der Waals surface area contributed by atoms with Crippen LogP contribution in [0.25, 0.3) is 0 Å². The van der Waals surface area contributed by atoms with Gasteiger partial charge in [0.15, 0.2) is 5.16 Å². The van der Waals surface area contributed by atoms with E-state index in [9.17, 15) is 0 Å². The third kappa shape index (κ3) is 3.52. The third-order valence-corrected chi connectivity index (χ3v) is 5.51. The second-order valence-electron chi connectivity index (χ2n) is 6.39. The Morgan fingerprint density at radius 1 is 1.04 bits per heavy atom. The van der Waals surface area contributed by atoms with Crippen molar-refractivity contribution < 1.29 is 0 Å². The maximum Gasteiger partial charge on any atom is 0.228 e. The first-order valence-corrected chi connectivity index (χ1v) is 9.62. The molecule has 3 heterocycles. The van der Waals surface area contributed by atoms with Gasteiger partial charge in [-0.2, -0.15) is 0 Å². The van der Waals surface area contributed by atoms with Gasteiger partial charge >= 0.3 is 0 Å². The Morgan fingerprint density at radius 2 is 1.83 bits per heavy atom. The van der Waals surface area contributed by atoms with E-state index in [1.165, 1.54) is 37.7 Å². The molecule has 0 N–H and O–H groups in total. The van der Waals surface area contributed by atoms with Crippen molar-refractivity contribution in [2.45, 2.75) is 49.7 Å². The summed E-state index contributed by atoms with van der Waals surface area (Å²) in [4.78, 5) is 6.51. The zero-order valence-corrected chi connectivity index (χ0v) is 14.2. The SMILES string of the molecule is c1cc(CCSc2nnc(N3CCCCC3)n2C2CC2)ccn1. The smallest absolute Gasteiger partial charge is 0.228 e. The summed E-state index contributed by atoms with van der Waals surface area (Å²) in [6, 6.07) is 4.81. The van der Waals surface area contributed by atoms with Crippen LogP contribution in [0.5, 0.6) is 0 Å². The van der Waals surface area contributed by atoms with Crippen molar-refractivity contribution in [3.8, 4) is 0 Å². The molecule has 0 aromatic carbocycles. The molecule has 1 aliphatic heterocycles. The van der Waals surface area contributed by atoms with Crippen molar-refractivity contribution in [2.75, 3.05) is 23.7 Å². The average molecular weight is 329 g/mol. The van der Waals surface area contributed by atoms with Gasteiger partial charge in [0.1, 0.15) is 0 Å². The highest BCUT2D eigenvalue weighted by Gasteiger charge is 2.31. The Balaban J connectivity index is 1.44. The van der Waals surface area contributed by atoms with Crippen LogP contribution in [0.15, 0.2) is 29.7 Å². The molecule has 2 aromatic heterocycles. The number of aromatic nitrogens is 4. The maximum absolute atomic E-state index is 4.53. The quantitative estimate of drug-likeness (QED) is 0.761. The first-order chi connectivity index (χ1) is 11.4. The largest absolute Gasteiger partial charge is 0.341 e. The first kappa shape index (κ1) is 15.0. The number of hydrogen-bond acceptors (Lipinski definition) is 5. The molecule has 0 atom stereocenters. The molecule has 0 spiro atoms.